The summed E-state index contributed by atoms with van der Waals surface area (Å²) in [7, 11) is 0. The van der Waals surface area contributed by atoms with Crippen LogP contribution in [0.25, 0.3) is 0 Å². The van der Waals surface area contributed by atoms with Crippen LogP contribution < -0.4 is 16.0 Å². The summed E-state index contributed by atoms with van der Waals surface area (Å²) in [4.78, 5) is 44.5. The molecule has 5 N–H and O–H groups in total. The summed E-state index contributed by atoms with van der Waals surface area (Å²) in [6.07, 6.45) is 11.8. The quantitative estimate of drug-likeness (QED) is 0.184. The van der Waals surface area contributed by atoms with Gasteiger partial charge in [0.15, 0.2) is 0 Å². The largest absolute Gasteiger partial charge is 0.390 e. The van der Waals surface area contributed by atoms with E-state index >= 15 is 0 Å². The van der Waals surface area contributed by atoms with Gasteiger partial charge in [-0.1, -0.05) is 91.5 Å². The van der Waals surface area contributed by atoms with Crippen molar-refractivity contribution in [3.05, 3.63) is 30.1 Å². The number of pyridine rings is 1. The van der Waals surface area contributed by atoms with E-state index in [9.17, 15) is 24.6 Å². The van der Waals surface area contributed by atoms with Crippen LogP contribution >= 0.6 is 0 Å². The van der Waals surface area contributed by atoms with Gasteiger partial charge in [0.1, 0.15) is 12.1 Å². The summed E-state index contributed by atoms with van der Waals surface area (Å²) in [5.74, 6) is -1.61. The lowest BCUT2D eigenvalue weighted by atomic mass is 9.79. The maximum Gasteiger partial charge on any atom is 0.243 e. The lowest BCUT2D eigenvalue weighted by molar-refractivity contribution is -0.140. The van der Waals surface area contributed by atoms with Gasteiger partial charge in [0.2, 0.25) is 17.7 Å². The van der Waals surface area contributed by atoms with Crippen molar-refractivity contribution in [3.63, 3.8) is 0 Å². The highest BCUT2D eigenvalue weighted by atomic mass is 16.3. The molecule has 0 bridgehead atoms. The zero-order valence-electron chi connectivity index (χ0n) is 27.5. The third-order valence-electron chi connectivity index (χ3n) is 9.97. The second-order valence-electron chi connectivity index (χ2n) is 13.8. The van der Waals surface area contributed by atoms with Gasteiger partial charge in [-0.25, -0.2) is 0 Å². The molecule has 6 atom stereocenters. The summed E-state index contributed by atoms with van der Waals surface area (Å²) in [6.45, 7) is 7.76. The molecule has 2 aliphatic carbocycles. The van der Waals surface area contributed by atoms with E-state index in [1.807, 2.05) is 39.8 Å². The van der Waals surface area contributed by atoms with Gasteiger partial charge in [-0.3, -0.25) is 19.4 Å². The van der Waals surface area contributed by atoms with E-state index in [2.05, 4.69) is 20.9 Å². The molecule has 0 aliphatic heterocycles. The number of amides is 3. The van der Waals surface area contributed by atoms with E-state index in [0.29, 0.717) is 36.8 Å². The van der Waals surface area contributed by atoms with Gasteiger partial charge in [-0.15, -0.1) is 0 Å². The standard InChI is InChI=1S/C35H58N4O5/c1-5-24(4)31(35(44)37-22-27-18-12-13-19-36-27)39-34(43)30(23(2)3)33(42)32(41)28(20-25-14-8-6-9-15-25)38-29(40)21-26-16-10-7-11-17-26/h12-13,18-19,23-26,28,30-33,41-42H,5-11,14-17,20-22H2,1-4H3,(H,37,44)(H,38,40)(H,39,43)/t24-,28-,30+,31-,32+,33+/m0/s1. The Morgan fingerprint density at radius 1 is 0.864 bits per heavy atom. The number of rotatable bonds is 16. The van der Waals surface area contributed by atoms with Crippen molar-refractivity contribution in [1.29, 1.82) is 0 Å². The van der Waals surface area contributed by atoms with Crippen LogP contribution in [-0.2, 0) is 20.9 Å². The number of carbonyl (C=O) groups excluding carboxylic acids is 3. The summed E-state index contributed by atoms with van der Waals surface area (Å²) in [5.41, 5.74) is 0.711. The maximum absolute atomic E-state index is 13.8. The third kappa shape index (κ3) is 11.1. The maximum atomic E-state index is 13.8. The number of nitrogens with one attached hydrogen (secondary N) is 3. The van der Waals surface area contributed by atoms with Crippen LogP contribution in [-0.4, -0.2) is 57.2 Å². The average molecular weight is 615 g/mol. The van der Waals surface area contributed by atoms with Crippen LogP contribution in [0.2, 0.25) is 0 Å². The fourth-order valence-corrected chi connectivity index (χ4v) is 7.03. The Morgan fingerprint density at radius 3 is 2.07 bits per heavy atom. The smallest absolute Gasteiger partial charge is 0.243 e. The first-order valence-corrected chi connectivity index (χ1v) is 17.2. The van der Waals surface area contributed by atoms with Crippen molar-refractivity contribution >= 4 is 17.7 Å². The molecule has 2 saturated carbocycles. The first-order valence-electron chi connectivity index (χ1n) is 17.2. The van der Waals surface area contributed by atoms with Crippen molar-refractivity contribution < 1.29 is 24.6 Å². The highest BCUT2D eigenvalue weighted by molar-refractivity contribution is 5.89. The normalized spacial score (nSPS) is 20.6. The zero-order chi connectivity index (χ0) is 32.1. The van der Waals surface area contributed by atoms with Crippen molar-refractivity contribution in [2.45, 2.75) is 142 Å². The molecule has 44 heavy (non-hydrogen) atoms. The van der Waals surface area contributed by atoms with Crippen molar-refractivity contribution in [2.75, 3.05) is 0 Å². The third-order valence-corrected chi connectivity index (χ3v) is 9.97. The Labute approximate surface area is 264 Å². The molecular weight excluding hydrogens is 556 g/mol. The topological polar surface area (TPSA) is 141 Å². The van der Waals surface area contributed by atoms with Crippen LogP contribution in [0.15, 0.2) is 24.4 Å². The lowest BCUT2D eigenvalue weighted by Crippen LogP contribution is -2.57. The van der Waals surface area contributed by atoms with Crippen LogP contribution in [0.3, 0.4) is 0 Å². The van der Waals surface area contributed by atoms with Crippen molar-refractivity contribution in [2.24, 2.45) is 29.6 Å². The minimum Gasteiger partial charge on any atom is -0.390 e. The van der Waals surface area contributed by atoms with E-state index < -0.39 is 36.1 Å². The Balaban J connectivity index is 1.72. The van der Waals surface area contributed by atoms with Gasteiger partial charge in [0.05, 0.1) is 30.3 Å². The molecule has 1 heterocycles. The minimum atomic E-state index is -1.41. The second kappa shape index (κ2) is 18.4. The highest BCUT2D eigenvalue weighted by Crippen LogP contribution is 2.31. The fourth-order valence-electron chi connectivity index (χ4n) is 7.03. The number of aliphatic hydroxyl groups excluding tert-OH is 2. The first kappa shape index (κ1) is 36.0. The van der Waals surface area contributed by atoms with Gasteiger partial charge in [0.25, 0.3) is 0 Å². The fraction of sp³-hybridized carbons (Fsp3) is 0.771. The molecule has 3 amide bonds. The second-order valence-corrected chi connectivity index (χ2v) is 13.8. The van der Waals surface area contributed by atoms with Crippen molar-refractivity contribution in [1.82, 2.24) is 20.9 Å². The minimum absolute atomic E-state index is 0.0871. The van der Waals surface area contributed by atoms with E-state index in [-0.39, 0.29) is 30.2 Å². The molecule has 1 aromatic heterocycles. The number of aliphatic hydroxyl groups is 2. The van der Waals surface area contributed by atoms with Crippen LogP contribution in [0.1, 0.15) is 117 Å². The summed E-state index contributed by atoms with van der Waals surface area (Å²) < 4.78 is 0. The Morgan fingerprint density at radius 2 is 1.50 bits per heavy atom. The molecule has 0 radical (unpaired) electrons. The SMILES string of the molecule is CC[C@H](C)[C@H](NC(=O)[C@H](C(C)C)[C@@H](O)[C@H](O)[C@H](CC1CCCCC1)NC(=O)CC1CCCCC1)C(=O)NCc1ccccn1. The summed E-state index contributed by atoms with van der Waals surface area (Å²) in [6, 6.07) is 4.02. The predicted molar refractivity (Wildman–Crippen MR) is 172 cm³/mol. The van der Waals surface area contributed by atoms with Crippen LogP contribution in [0.4, 0.5) is 0 Å². The molecule has 0 saturated heterocycles. The van der Waals surface area contributed by atoms with Gasteiger partial charge < -0.3 is 26.2 Å². The van der Waals surface area contributed by atoms with Gasteiger partial charge in [0, 0.05) is 12.6 Å². The molecule has 9 nitrogen and oxygen atoms in total. The first-order chi connectivity index (χ1) is 21.1. The molecule has 2 fully saturated rings. The molecule has 0 aromatic carbocycles. The van der Waals surface area contributed by atoms with E-state index in [4.69, 9.17) is 0 Å². The Hall–Kier alpha value is -2.52. The number of carbonyl (C=O) groups is 3. The van der Waals surface area contributed by atoms with E-state index in [0.717, 1.165) is 51.4 Å². The average Bonchev–Trinajstić information content (AvgIpc) is 3.02. The molecular formula is C35H58N4O5. The molecule has 3 rings (SSSR count). The van der Waals surface area contributed by atoms with Crippen LogP contribution in [0, 0.1) is 29.6 Å². The molecule has 0 unspecified atom stereocenters. The van der Waals surface area contributed by atoms with E-state index in [1.54, 1.807) is 12.3 Å². The molecule has 1 aromatic rings. The highest BCUT2D eigenvalue weighted by Gasteiger charge is 2.41. The number of aromatic nitrogens is 1. The predicted octanol–water partition coefficient (Wildman–Crippen LogP) is 4.65. The monoisotopic (exact) mass is 614 g/mol. The van der Waals surface area contributed by atoms with Crippen molar-refractivity contribution in [3.8, 4) is 0 Å². The lowest BCUT2D eigenvalue weighted by Gasteiger charge is -2.36. The molecule has 9 heteroatoms. The zero-order valence-corrected chi connectivity index (χ0v) is 27.5. The number of nitrogens with zero attached hydrogens (tertiary/aromatic N) is 1. The summed E-state index contributed by atoms with van der Waals surface area (Å²) in [5, 5.41) is 32.1. The summed E-state index contributed by atoms with van der Waals surface area (Å²) >= 11 is 0. The molecule has 248 valence electrons. The molecule has 2 aliphatic rings. The van der Waals surface area contributed by atoms with Crippen LogP contribution in [0.5, 0.6) is 0 Å². The van der Waals surface area contributed by atoms with Gasteiger partial charge in [-0.05, 0) is 55.1 Å². The Bertz CT molecular complexity index is 1010. The number of hydrogen-bond acceptors (Lipinski definition) is 6. The number of hydrogen-bond donors (Lipinski definition) is 5. The Kier molecular flexibility index (Phi) is 15.1. The molecule has 0 spiro atoms. The van der Waals surface area contributed by atoms with E-state index in [1.165, 1.54) is 12.8 Å². The van der Waals surface area contributed by atoms with Gasteiger partial charge in [-0.2, -0.15) is 0 Å². The van der Waals surface area contributed by atoms with Gasteiger partial charge >= 0.3 is 0 Å².